The van der Waals surface area contributed by atoms with Crippen LogP contribution in [0.4, 0.5) is 30.7 Å². The van der Waals surface area contributed by atoms with Gasteiger partial charge >= 0.3 is 18.3 Å². The van der Waals surface area contributed by atoms with E-state index in [4.69, 9.17) is 9.72 Å². The van der Waals surface area contributed by atoms with Crippen molar-refractivity contribution in [3.05, 3.63) is 88.0 Å². The predicted molar refractivity (Wildman–Crippen MR) is 158 cm³/mol. The van der Waals surface area contributed by atoms with Crippen molar-refractivity contribution in [3.63, 3.8) is 0 Å². The Hall–Kier alpha value is -3.43. The average molecular weight is 638 g/mol. The van der Waals surface area contributed by atoms with Crippen molar-refractivity contribution in [2.24, 2.45) is 11.3 Å². The minimum absolute atomic E-state index is 0.0151. The molecule has 1 aliphatic carbocycles. The fraction of sp³-hybridized carbons (Fsp3) is 0.486. The maximum Gasteiger partial charge on any atom is 0.416 e. The second-order valence-corrected chi connectivity index (χ2v) is 13.0. The molecule has 0 amide bonds. The number of pyridine rings is 1. The molecule has 3 nitrogen and oxygen atoms in total. The van der Waals surface area contributed by atoms with E-state index in [2.05, 4.69) is 0 Å². The first-order valence-electron chi connectivity index (χ1n) is 15.0. The van der Waals surface area contributed by atoms with Gasteiger partial charge < -0.3 is 4.74 Å². The molecule has 0 atom stereocenters. The molecule has 1 heterocycles. The Labute approximate surface area is 259 Å². The molecule has 10 heteroatoms. The van der Waals surface area contributed by atoms with E-state index in [9.17, 15) is 35.5 Å². The van der Waals surface area contributed by atoms with E-state index in [0.29, 0.717) is 28.9 Å². The third-order valence-corrected chi connectivity index (χ3v) is 9.35. The number of nitrogens with zero attached hydrogens (tertiary/aromatic N) is 1. The van der Waals surface area contributed by atoms with Gasteiger partial charge in [-0.2, -0.15) is 26.3 Å². The lowest BCUT2D eigenvalue weighted by atomic mass is 9.68. The van der Waals surface area contributed by atoms with Crippen molar-refractivity contribution in [1.82, 2.24) is 4.98 Å². The minimum Gasteiger partial charge on any atom is -0.466 e. The highest BCUT2D eigenvalue weighted by Crippen LogP contribution is 2.47. The van der Waals surface area contributed by atoms with E-state index in [1.807, 2.05) is 19.9 Å². The third kappa shape index (κ3) is 7.20. The number of aromatic nitrogens is 1. The van der Waals surface area contributed by atoms with Gasteiger partial charge in [-0.25, -0.2) is 4.39 Å². The first-order chi connectivity index (χ1) is 20.8. The molecular weight excluding hydrogens is 599 g/mol. The van der Waals surface area contributed by atoms with Crippen LogP contribution in [0.2, 0.25) is 0 Å². The lowest BCUT2D eigenvalue weighted by Gasteiger charge is -2.37. The Morgan fingerprint density at radius 1 is 0.822 bits per heavy atom. The van der Waals surface area contributed by atoms with Crippen molar-refractivity contribution in [2.75, 3.05) is 6.61 Å². The highest BCUT2D eigenvalue weighted by molar-refractivity contribution is 5.76. The minimum atomic E-state index is -4.99. The molecule has 45 heavy (non-hydrogen) atoms. The largest absolute Gasteiger partial charge is 0.466 e. The van der Waals surface area contributed by atoms with Gasteiger partial charge in [-0.05, 0) is 124 Å². The number of carbonyl (C=O) groups is 1. The van der Waals surface area contributed by atoms with Gasteiger partial charge in [-0.3, -0.25) is 9.78 Å². The summed E-state index contributed by atoms with van der Waals surface area (Å²) in [7, 11) is 0. The van der Waals surface area contributed by atoms with Crippen LogP contribution < -0.4 is 0 Å². The molecule has 0 bridgehead atoms. The highest BCUT2D eigenvalue weighted by atomic mass is 19.4. The van der Waals surface area contributed by atoms with Gasteiger partial charge in [0.15, 0.2) is 0 Å². The Morgan fingerprint density at radius 2 is 1.38 bits per heavy atom. The SMILES string of the molecule is CCOC(=O)C(C)(C)C1CCC(c2cc(-c3ccc(F)cc3C)c(C(C)(C)c3cc(C(F)(F)F)cc(C(F)(F)F)c3)cn2)CC1. The maximum absolute atomic E-state index is 14.1. The van der Waals surface area contributed by atoms with Gasteiger partial charge in [0, 0.05) is 23.2 Å². The number of rotatable bonds is 7. The van der Waals surface area contributed by atoms with Crippen molar-refractivity contribution in [1.29, 1.82) is 0 Å². The highest BCUT2D eigenvalue weighted by Gasteiger charge is 2.42. The zero-order valence-electron chi connectivity index (χ0n) is 26.2. The lowest BCUT2D eigenvalue weighted by molar-refractivity contribution is -0.157. The molecule has 1 saturated carbocycles. The summed E-state index contributed by atoms with van der Waals surface area (Å²) in [4.78, 5) is 17.3. The molecule has 0 saturated heterocycles. The summed E-state index contributed by atoms with van der Waals surface area (Å²) in [5, 5.41) is 0. The molecule has 1 aromatic heterocycles. The van der Waals surface area contributed by atoms with Crippen LogP contribution >= 0.6 is 0 Å². The lowest BCUT2D eigenvalue weighted by Crippen LogP contribution is -2.36. The molecule has 0 radical (unpaired) electrons. The van der Waals surface area contributed by atoms with Crippen molar-refractivity contribution in [3.8, 4) is 11.1 Å². The van der Waals surface area contributed by atoms with Crippen molar-refractivity contribution < 1.29 is 40.3 Å². The molecular formula is C35H38F7NO2. The Bertz CT molecular complexity index is 1520. The molecule has 0 aliphatic heterocycles. The number of esters is 1. The van der Waals surface area contributed by atoms with Gasteiger partial charge in [-0.1, -0.05) is 19.9 Å². The number of hydrogen-bond acceptors (Lipinski definition) is 3. The number of carbonyl (C=O) groups excluding carboxylic acids is 1. The molecule has 1 aliphatic rings. The van der Waals surface area contributed by atoms with Crippen LogP contribution in [0.15, 0.2) is 48.7 Å². The maximum atomic E-state index is 14.1. The Balaban J connectivity index is 1.80. The topological polar surface area (TPSA) is 39.2 Å². The van der Waals surface area contributed by atoms with E-state index < -0.39 is 40.1 Å². The molecule has 4 rings (SSSR count). The molecule has 3 aromatic rings. The Kier molecular flexibility index (Phi) is 9.49. The monoisotopic (exact) mass is 637 g/mol. The molecule has 2 aromatic carbocycles. The summed E-state index contributed by atoms with van der Waals surface area (Å²) >= 11 is 0. The van der Waals surface area contributed by atoms with E-state index in [1.54, 1.807) is 33.8 Å². The van der Waals surface area contributed by atoms with Crippen LogP contribution in [-0.2, 0) is 27.3 Å². The second kappa shape index (κ2) is 12.4. The first kappa shape index (κ1) is 34.4. The van der Waals surface area contributed by atoms with Crippen LogP contribution in [0.25, 0.3) is 11.1 Å². The van der Waals surface area contributed by atoms with E-state index in [0.717, 1.165) is 43.5 Å². The van der Waals surface area contributed by atoms with Crippen molar-refractivity contribution >= 4 is 5.97 Å². The van der Waals surface area contributed by atoms with Crippen molar-refractivity contribution in [2.45, 2.75) is 90.9 Å². The van der Waals surface area contributed by atoms with E-state index in [1.165, 1.54) is 18.3 Å². The number of alkyl halides is 6. The summed E-state index contributed by atoms with van der Waals surface area (Å²) in [5.41, 5.74) is -2.13. The second-order valence-electron chi connectivity index (χ2n) is 13.0. The summed E-state index contributed by atoms with van der Waals surface area (Å²) in [6, 6.07) is 7.61. The molecule has 0 spiro atoms. The summed E-state index contributed by atoms with van der Waals surface area (Å²) in [5.74, 6) is -0.591. The Morgan fingerprint density at radius 3 is 1.89 bits per heavy atom. The summed E-state index contributed by atoms with van der Waals surface area (Å²) < 4.78 is 102. The van der Waals surface area contributed by atoms with Gasteiger partial charge in [-0.15, -0.1) is 0 Å². The van der Waals surface area contributed by atoms with Crippen LogP contribution in [0, 0.1) is 24.1 Å². The predicted octanol–water partition coefficient (Wildman–Crippen LogP) is 10.4. The van der Waals surface area contributed by atoms with Gasteiger partial charge in [0.1, 0.15) is 5.82 Å². The first-order valence-corrected chi connectivity index (χ1v) is 15.0. The quantitative estimate of drug-likeness (QED) is 0.191. The number of ether oxygens (including phenoxy) is 1. The normalized spacial score (nSPS) is 18.2. The zero-order chi connectivity index (χ0) is 33.5. The molecule has 0 N–H and O–H groups in total. The van der Waals surface area contributed by atoms with E-state index in [-0.39, 0.29) is 29.4 Å². The number of halogens is 7. The molecule has 1 fully saturated rings. The summed E-state index contributed by atoms with van der Waals surface area (Å²) in [6.45, 7) is 10.7. The number of aryl methyl sites for hydroxylation is 1. The average Bonchev–Trinajstić information content (AvgIpc) is 2.96. The van der Waals surface area contributed by atoms with Gasteiger partial charge in [0.2, 0.25) is 0 Å². The third-order valence-electron chi connectivity index (χ3n) is 9.35. The number of hydrogen-bond donors (Lipinski definition) is 0. The van der Waals surface area contributed by atoms with Crippen LogP contribution in [0.1, 0.15) is 99.7 Å². The standard InChI is InChI=1S/C35H38F7NO2/c1-7-45-31(44)33(5,6)22-10-8-21(9-11-22)30-18-28(27-13-12-26(36)14-20(27)2)29(19-43-30)32(3,4)23-15-24(34(37,38)39)17-25(16-23)35(40,41)42/h12-19,21-22H,7-11H2,1-6H3. The smallest absolute Gasteiger partial charge is 0.416 e. The fourth-order valence-corrected chi connectivity index (χ4v) is 6.41. The van der Waals surface area contributed by atoms with Crippen LogP contribution in [0.3, 0.4) is 0 Å². The fourth-order valence-electron chi connectivity index (χ4n) is 6.41. The molecule has 244 valence electrons. The summed E-state index contributed by atoms with van der Waals surface area (Å²) in [6.07, 6.45) is -5.50. The van der Waals surface area contributed by atoms with Crippen LogP contribution in [0.5, 0.6) is 0 Å². The van der Waals surface area contributed by atoms with Gasteiger partial charge in [0.05, 0.1) is 23.1 Å². The van der Waals surface area contributed by atoms with Crippen LogP contribution in [-0.4, -0.2) is 17.6 Å². The molecule has 0 unspecified atom stereocenters. The number of benzene rings is 2. The van der Waals surface area contributed by atoms with Gasteiger partial charge in [0.25, 0.3) is 0 Å². The zero-order valence-corrected chi connectivity index (χ0v) is 26.2. The van der Waals surface area contributed by atoms with E-state index >= 15 is 0 Å².